The fourth-order valence-electron chi connectivity index (χ4n) is 2.06. The number of carbonyl (C=O) groups is 1. The monoisotopic (exact) mass is 169 g/mol. The van der Waals surface area contributed by atoms with E-state index >= 15 is 0 Å². The van der Waals surface area contributed by atoms with Crippen LogP contribution in [0.3, 0.4) is 0 Å². The first-order valence-corrected chi connectivity index (χ1v) is 4.86. The Labute approximate surface area is 74.7 Å². The minimum Gasteiger partial charge on any atom is -0.359 e. The van der Waals surface area contributed by atoms with Gasteiger partial charge in [-0.05, 0) is 31.1 Å². The third kappa shape index (κ3) is 1.99. The molecule has 0 spiro atoms. The van der Waals surface area contributed by atoms with Crippen molar-refractivity contribution in [3.8, 4) is 0 Å². The summed E-state index contributed by atoms with van der Waals surface area (Å²) in [6, 6.07) is 0. The molecule has 0 aromatic rings. The Hall–Kier alpha value is -0.530. The highest BCUT2D eigenvalue weighted by Crippen LogP contribution is 2.35. The number of amides is 1. The topological polar surface area (TPSA) is 29.1 Å². The molecule has 1 aliphatic carbocycles. The molecule has 1 fully saturated rings. The SMILES string of the molecule is CNC(=O)[C@H]1CC[C@H](C(C)C)C1. The Balaban J connectivity index is 2.40. The molecular formula is C10H19NO. The Morgan fingerprint density at radius 1 is 1.42 bits per heavy atom. The molecule has 0 bridgehead atoms. The number of rotatable bonds is 2. The third-order valence-electron chi connectivity index (χ3n) is 3.03. The molecule has 0 heterocycles. The average molecular weight is 169 g/mol. The second-order valence-electron chi connectivity index (χ2n) is 4.13. The van der Waals surface area contributed by atoms with Crippen molar-refractivity contribution in [2.24, 2.45) is 17.8 Å². The zero-order valence-corrected chi connectivity index (χ0v) is 8.26. The molecule has 1 rings (SSSR count). The molecule has 1 saturated carbocycles. The van der Waals surface area contributed by atoms with Gasteiger partial charge in [0.05, 0.1) is 0 Å². The standard InChI is InChI=1S/C10H19NO/c1-7(2)8-4-5-9(6-8)10(12)11-3/h7-9H,4-6H2,1-3H3,(H,11,12)/t8-,9-/m0/s1. The Morgan fingerprint density at radius 2 is 2.08 bits per heavy atom. The van der Waals surface area contributed by atoms with E-state index in [-0.39, 0.29) is 5.91 Å². The van der Waals surface area contributed by atoms with E-state index in [1.807, 2.05) is 0 Å². The Morgan fingerprint density at radius 3 is 2.50 bits per heavy atom. The minimum atomic E-state index is 0.234. The summed E-state index contributed by atoms with van der Waals surface area (Å²) in [5.74, 6) is 2.03. The molecule has 0 unspecified atom stereocenters. The minimum absolute atomic E-state index is 0.234. The van der Waals surface area contributed by atoms with E-state index in [2.05, 4.69) is 19.2 Å². The molecule has 0 aromatic carbocycles. The summed E-state index contributed by atoms with van der Waals surface area (Å²) in [4.78, 5) is 11.3. The largest absolute Gasteiger partial charge is 0.359 e. The summed E-state index contributed by atoms with van der Waals surface area (Å²) >= 11 is 0. The lowest BCUT2D eigenvalue weighted by Gasteiger charge is -2.13. The van der Waals surface area contributed by atoms with E-state index in [4.69, 9.17) is 0 Å². The van der Waals surface area contributed by atoms with Crippen LogP contribution in [-0.4, -0.2) is 13.0 Å². The van der Waals surface area contributed by atoms with Gasteiger partial charge < -0.3 is 5.32 Å². The second kappa shape index (κ2) is 3.92. The smallest absolute Gasteiger partial charge is 0.222 e. The molecule has 1 aliphatic rings. The van der Waals surface area contributed by atoms with E-state index in [1.54, 1.807) is 7.05 Å². The lowest BCUT2D eigenvalue weighted by atomic mass is 9.93. The maximum atomic E-state index is 11.3. The van der Waals surface area contributed by atoms with Gasteiger partial charge in [-0.25, -0.2) is 0 Å². The molecular weight excluding hydrogens is 150 g/mol. The van der Waals surface area contributed by atoms with Gasteiger partial charge in [0, 0.05) is 13.0 Å². The molecule has 0 aliphatic heterocycles. The van der Waals surface area contributed by atoms with Gasteiger partial charge in [-0.15, -0.1) is 0 Å². The molecule has 1 amide bonds. The van der Waals surface area contributed by atoms with Crippen LogP contribution in [0.4, 0.5) is 0 Å². The van der Waals surface area contributed by atoms with Crippen LogP contribution in [0.5, 0.6) is 0 Å². The third-order valence-corrected chi connectivity index (χ3v) is 3.03. The Bertz CT molecular complexity index is 165. The number of hydrogen-bond acceptors (Lipinski definition) is 1. The highest BCUT2D eigenvalue weighted by atomic mass is 16.1. The van der Waals surface area contributed by atoms with Crippen molar-refractivity contribution in [1.29, 1.82) is 0 Å². The maximum Gasteiger partial charge on any atom is 0.222 e. The summed E-state index contributed by atoms with van der Waals surface area (Å²) in [6.45, 7) is 4.49. The van der Waals surface area contributed by atoms with E-state index in [0.29, 0.717) is 5.92 Å². The van der Waals surface area contributed by atoms with Crippen LogP contribution in [0.25, 0.3) is 0 Å². The Kier molecular flexibility index (Phi) is 3.12. The summed E-state index contributed by atoms with van der Waals surface area (Å²) < 4.78 is 0. The van der Waals surface area contributed by atoms with Crippen LogP contribution in [0, 0.1) is 17.8 Å². The summed E-state index contributed by atoms with van der Waals surface area (Å²) in [5, 5.41) is 2.73. The van der Waals surface area contributed by atoms with Crippen LogP contribution >= 0.6 is 0 Å². The van der Waals surface area contributed by atoms with Crippen molar-refractivity contribution in [1.82, 2.24) is 5.32 Å². The molecule has 70 valence electrons. The molecule has 2 nitrogen and oxygen atoms in total. The predicted molar refractivity (Wildman–Crippen MR) is 49.7 cm³/mol. The molecule has 1 N–H and O–H groups in total. The van der Waals surface area contributed by atoms with Crippen LogP contribution in [0.2, 0.25) is 0 Å². The highest BCUT2D eigenvalue weighted by Gasteiger charge is 2.30. The van der Waals surface area contributed by atoms with Gasteiger partial charge in [0.2, 0.25) is 5.91 Å². The van der Waals surface area contributed by atoms with Crippen LogP contribution in [-0.2, 0) is 4.79 Å². The van der Waals surface area contributed by atoms with Gasteiger partial charge in [0.25, 0.3) is 0 Å². The van der Waals surface area contributed by atoms with E-state index < -0.39 is 0 Å². The van der Waals surface area contributed by atoms with Gasteiger partial charge in [-0.2, -0.15) is 0 Å². The molecule has 0 radical (unpaired) electrons. The number of nitrogens with one attached hydrogen (secondary N) is 1. The van der Waals surface area contributed by atoms with Gasteiger partial charge in [0.15, 0.2) is 0 Å². The summed E-state index contributed by atoms with van der Waals surface area (Å²) in [6.07, 6.45) is 3.41. The van der Waals surface area contributed by atoms with E-state index in [0.717, 1.165) is 24.7 Å². The van der Waals surface area contributed by atoms with Gasteiger partial charge in [-0.1, -0.05) is 13.8 Å². The lowest BCUT2D eigenvalue weighted by molar-refractivity contribution is -0.124. The highest BCUT2D eigenvalue weighted by molar-refractivity contribution is 5.78. The van der Waals surface area contributed by atoms with Crippen LogP contribution < -0.4 is 5.32 Å². The summed E-state index contributed by atoms with van der Waals surface area (Å²) in [5.41, 5.74) is 0. The average Bonchev–Trinajstić information content (AvgIpc) is 2.51. The fourth-order valence-corrected chi connectivity index (χ4v) is 2.06. The zero-order valence-electron chi connectivity index (χ0n) is 8.26. The van der Waals surface area contributed by atoms with Crippen molar-refractivity contribution >= 4 is 5.91 Å². The maximum absolute atomic E-state index is 11.3. The predicted octanol–water partition coefficient (Wildman–Crippen LogP) is 1.80. The van der Waals surface area contributed by atoms with Crippen molar-refractivity contribution in [2.75, 3.05) is 7.05 Å². The number of hydrogen-bond donors (Lipinski definition) is 1. The van der Waals surface area contributed by atoms with Crippen LogP contribution in [0.1, 0.15) is 33.1 Å². The lowest BCUT2D eigenvalue weighted by Crippen LogP contribution is -2.25. The summed E-state index contributed by atoms with van der Waals surface area (Å²) in [7, 11) is 1.73. The van der Waals surface area contributed by atoms with Gasteiger partial charge in [-0.3, -0.25) is 4.79 Å². The van der Waals surface area contributed by atoms with Gasteiger partial charge in [0.1, 0.15) is 0 Å². The van der Waals surface area contributed by atoms with Crippen molar-refractivity contribution in [3.63, 3.8) is 0 Å². The van der Waals surface area contributed by atoms with E-state index in [9.17, 15) is 4.79 Å². The first-order chi connectivity index (χ1) is 5.65. The molecule has 2 atom stereocenters. The molecule has 12 heavy (non-hydrogen) atoms. The van der Waals surface area contributed by atoms with Gasteiger partial charge >= 0.3 is 0 Å². The normalized spacial score (nSPS) is 29.3. The molecule has 0 saturated heterocycles. The number of carbonyl (C=O) groups excluding carboxylic acids is 1. The second-order valence-corrected chi connectivity index (χ2v) is 4.13. The van der Waals surface area contributed by atoms with Crippen LogP contribution in [0.15, 0.2) is 0 Å². The fraction of sp³-hybridized carbons (Fsp3) is 0.900. The quantitative estimate of drug-likeness (QED) is 0.671. The van der Waals surface area contributed by atoms with Crippen molar-refractivity contribution in [3.05, 3.63) is 0 Å². The zero-order chi connectivity index (χ0) is 9.14. The van der Waals surface area contributed by atoms with E-state index in [1.165, 1.54) is 6.42 Å². The molecule has 0 aromatic heterocycles. The first kappa shape index (κ1) is 9.56. The molecule has 2 heteroatoms. The van der Waals surface area contributed by atoms with Crippen molar-refractivity contribution < 1.29 is 4.79 Å². The van der Waals surface area contributed by atoms with Crippen molar-refractivity contribution in [2.45, 2.75) is 33.1 Å². The first-order valence-electron chi connectivity index (χ1n) is 4.86.